The zero-order chi connectivity index (χ0) is 14.8. The van der Waals surface area contributed by atoms with Gasteiger partial charge in [0.1, 0.15) is 5.75 Å². The Morgan fingerprint density at radius 2 is 2.14 bits per heavy atom. The van der Waals surface area contributed by atoms with Crippen LogP contribution in [0.5, 0.6) is 5.75 Å². The monoisotopic (exact) mass is 327 g/mol. The maximum Gasteiger partial charge on any atom is 0.270 e. The summed E-state index contributed by atoms with van der Waals surface area (Å²) in [5.41, 5.74) is 1.02. The van der Waals surface area contributed by atoms with Crippen molar-refractivity contribution in [1.82, 2.24) is 10.2 Å². The van der Waals surface area contributed by atoms with Gasteiger partial charge in [0.25, 0.3) is 5.69 Å². The number of hydrogen-bond acceptors (Lipinski definition) is 5. The maximum atomic E-state index is 10.9. The zero-order valence-electron chi connectivity index (χ0n) is 12.7. The van der Waals surface area contributed by atoms with Crippen molar-refractivity contribution in [3.63, 3.8) is 0 Å². The minimum absolute atomic E-state index is 0. The Hall–Kier alpha value is -1.37. The topological polar surface area (TPSA) is 67.6 Å². The number of likely N-dealkylation sites (tertiary alicyclic amines) is 1. The molecule has 2 heterocycles. The molecule has 6 nitrogen and oxygen atoms in total. The minimum Gasteiger partial charge on any atom is -0.496 e. The molecule has 0 saturated carbocycles. The van der Waals surface area contributed by atoms with Gasteiger partial charge in [-0.05, 0) is 25.3 Å². The molecule has 2 fully saturated rings. The molecule has 22 heavy (non-hydrogen) atoms. The van der Waals surface area contributed by atoms with Crippen LogP contribution in [0.15, 0.2) is 18.2 Å². The number of halogens is 1. The second-order valence-corrected chi connectivity index (χ2v) is 5.91. The maximum absolute atomic E-state index is 10.9. The molecule has 2 aliphatic heterocycles. The Morgan fingerprint density at radius 1 is 1.36 bits per heavy atom. The highest BCUT2D eigenvalue weighted by molar-refractivity contribution is 5.85. The highest BCUT2D eigenvalue weighted by Gasteiger charge is 2.29. The van der Waals surface area contributed by atoms with Crippen LogP contribution in [-0.4, -0.2) is 42.1 Å². The number of nitrogens with one attached hydrogen (secondary N) is 1. The lowest BCUT2D eigenvalue weighted by Gasteiger charge is -2.24. The Labute approximate surface area is 136 Å². The van der Waals surface area contributed by atoms with Crippen LogP contribution in [0.1, 0.15) is 24.8 Å². The number of methoxy groups -OCH3 is 1. The number of fused-ring (bicyclic) bond motifs is 2. The van der Waals surface area contributed by atoms with E-state index in [0.29, 0.717) is 18.6 Å². The largest absolute Gasteiger partial charge is 0.496 e. The molecular formula is C15H22ClN3O3. The van der Waals surface area contributed by atoms with Crippen LogP contribution >= 0.6 is 12.4 Å². The van der Waals surface area contributed by atoms with Crippen molar-refractivity contribution in [1.29, 1.82) is 0 Å². The van der Waals surface area contributed by atoms with Gasteiger partial charge in [0.05, 0.1) is 12.0 Å². The Balaban J connectivity index is 0.00000176. The first-order valence-corrected chi connectivity index (χ1v) is 7.45. The molecule has 2 aliphatic rings. The van der Waals surface area contributed by atoms with Gasteiger partial charge in [-0.15, -0.1) is 12.4 Å². The molecule has 2 bridgehead atoms. The standard InChI is InChI=1S/C15H21N3O3.ClH/c1-21-15-5-4-14(18(19)20)8-11(15)9-17-7-6-12-2-3-13(10-17)16-12;/h4-5,8,12-13,16H,2-3,6-7,9-10H2,1H3;1H. The summed E-state index contributed by atoms with van der Waals surface area (Å²) in [7, 11) is 1.61. The molecule has 2 unspecified atom stereocenters. The highest BCUT2D eigenvalue weighted by atomic mass is 35.5. The molecule has 0 amide bonds. The number of rotatable bonds is 4. The van der Waals surface area contributed by atoms with Crippen molar-refractivity contribution in [2.45, 2.75) is 37.9 Å². The summed E-state index contributed by atoms with van der Waals surface area (Å²) >= 11 is 0. The van der Waals surface area contributed by atoms with E-state index in [-0.39, 0.29) is 23.0 Å². The van der Waals surface area contributed by atoms with Crippen LogP contribution in [0.4, 0.5) is 5.69 Å². The first-order chi connectivity index (χ1) is 10.2. The number of ether oxygens (including phenoxy) is 1. The Bertz CT molecular complexity index is 541. The normalized spacial score (nSPS) is 24.4. The molecule has 0 radical (unpaired) electrons. The van der Waals surface area contributed by atoms with Crippen LogP contribution < -0.4 is 10.1 Å². The average molecular weight is 328 g/mol. The smallest absolute Gasteiger partial charge is 0.270 e. The quantitative estimate of drug-likeness (QED) is 0.679. The van der Waals surface area contributed by atoms with Gasteiger partial charge in [0, 0.05) is 49.4 Å². The third kappa shape index (κ3) is 3.69. The molecule has 0 aliphatic carbocycles. The molecular weight excluding hydrogens is 306 g/mol. The van der Waals surface area contributed by atoms with Gasteiger partial charge in [-0.25, -0.2) is 0 Å². The molecule has 0 aromatic heterocycles. The van der Waals surface area contributed by atoms with Crippen molar-refractivity contribution in [3.8, 4) is 5.75 Å². The molecule has 2 saturated heterocycles. The lowest BCUT2D eigenvalue weighted by atomic mass is 10.1. The summed E-state index contributed by atoms with van der Waals surface area (Å²) < 4.78 is 5.35. The first kappa shape index (κ1) is 17.0. The number of hydrogen-bond donors (Lipinski definition) is 1. The molecule has 122 valence electrons. The van der Waals surface area contributed by atoms with E-state index in [1.807, 2.05) is 0 Å². The van der Waals surface area contributed by atoms with E-state index in [1.165, 1.54) is 18.9 Å². The summed E-state index contributed by atoms with van der Waals surface area (Å²) in [6, 6.07) is 6.02. The number of non-ortho nitro benzene ring substituents is 1. The fraction of sp³-hybridized carbons (Fsp3) is 0.600. The molecule has 1 aromatic rings. The lowest BCUT2D eigenvalue weighted by Crippen LogP contribution is -2.35. The molecule has 1 N–H and O–H groups in total. The first-order valence-electron chi connectivity index (χ1n) is 7.45. The fourth-order valence-electron chi connectivity index (χ4n) is 3.40. The highest BCUT2D eigenvalue weighted by Crippen LogP contribution is 2.27. The van der Waals surface area contributed by atoms with Gasteiger partial charge in [0.2, 0.25) is 0 Å². The van der Waals surface area contributed by atoms with Crippen molar-refractivity contribution in [3.05, 3.63) is 33.9 Å². The van der Waals surface area contributed by atoms with E-state index in [1.54, 1.807) is 19.2 Å². The van der Waals surface area contributed by atoms with E-state index in [0.717, 1.165) is 30.8 Å². The van der Waals surface area contributed by atoms with Gasteiger partial charge in [-0.2, -0.15) is 0 Å². The molecule has 3 rings (SSSR count). The number of nitro benzene ring substituents is 1. The summed E-state index contributed by atoms with van der Waals surface area (Å²) in [5, 5.41) is 14.6. The average Bonchev–Trinajstić information content (AvgIpc) is 2.81. The third-order valence-corrected chi connectivity index (χ3v) is 4.48. The fourth-order valence-corrected chi connectivity index (χ4v) is 3.40. The summed E-state index contributed by atoms with van der Waals surface area (Å²) in [6.45, 7) is 2.73. The van der Waals surface area contributed by atoms with Crippen LogP contribution in [-0.2, 0) is 6.54 Å². The SMILES string of the molecule is COc1ccc([N+](=O)[O-])cc1CN1CCC2CCC(C1)N2.Cl. The van der Waals surface area contributed by atoms with Crippen LogP contribution in [0, 0.1) is 10.1 Å². The number of nitro groups is 1. The number of nitrogens with zero attached hydrogens (tertiary/aromatic N) is 2. The second-order valence-electron chi connectivity index (χ2n) is 5.91. The van der Waals surface area contributed by atoms with Crippen molar-refractivity contribution >= 4 is 18.1 Å². The van der Waals surface area contributed by atoms with Crippen molar-refractivity contribution in [2.75, 3.05) is 20.2 Å². The summed E-state index contributed by atoms with van der Waals surface area (Å²) in [4.78, 5) is 13.0. The van der Waals surface area contributed by atoms with Gasteiger partial charge in [0.15, 0.2) is 0 Å². The lowest BCUT2D eigenvalue weighted by molar-refractivity contribution is -0.384. The van der Waals surface area contributed by atoms with E-state index in [9.17, 15) is 10.1 Å². The van der Waals surface area contributed by atoms with Crippen LogP contribution in [0.3, 0.4) is 0 Å². The second kappa shape index (κ2) is 7.26. The Morgan fingerprint density at radius 3 is 2.86 bits per heavy atom. The Kier molecular flexibility index (Phi) is 5.61. The summed E-state index contributed by atoms with van der Waals surface area (Å²) in [6.07, 6.45) is 3.65. The van der Waals surface area contributed by atoms with E-state index in [2.05, 4.69) is 10.2 Å². The summed E-state index contributed by atoms with van der Waals surface area (Å²) in [5.74, 6) is 0.725. The predicted molar refractivity (Wildman–Crippen MR) is 86.7 cm³/mol. The minimum atomic E-state index is -0.352. The van der Waals surface area contributed by atoms with Crippen LogP contribution in [0.2, 0.25) is 0 Å². The molecule has 2 atom stereocenters. The van der Waals surface area contributed by atoms with Gasteiger partial charge >= 0.3 is 0 Å². The van der Waals surface area contributed by atoms with Gasteiger partial charge in [-0.1, -0.05) is 0 Å². The molecule has 0 spiro atoms. The predicted octanol–water partition coefficient (Wildman–Crippen LogP) is 2.35. The van der Waals surface area contributed by atoms with Crippen LogP contribution in [0.25, 0.3) is 0 Å². The van der Waals surface area contributed by atoms with Gasteiger partial charge < -0.3 is 10.1 Å². The van der Waals surface area contributed by atoms with E-state index >= 15 is 0 Å². The van der Waals surface area contributed by atoms with Crippen molar-refractivity contribution < 1.29 is 9.66 Å². The van der Waals surface area contributed by atoms with Gasteiger partial charge in [-0.3, -0.25) is 15.0 Å². The van der Waals surface area contributed by atoms with E-state index in [4.69, 9.17) is 4.74 Å². The van der Waals surface area contributed by atoms with Crippen molar-refractivity contribution in [2.24, 2.45) is 0 Å². The molecule has 1 aromatic carbocycles. The zero-order valence-corrected chi connectivity index (χ0v) is 13.5. The van der Waals surface area contributed by atoms with E-state index < -0.39 is 0 Å². The third-order valence-electron chi connectivity index (χ3n) is 4.48. The number of benzene rings is 1. The molecule has 7 heteroatoms.